The Balaban J connectivity index is 0.00000264. The van der Waals surface area contributed by atoms with Gasteiger partial charge in [0.2, 0.25) is 10.0 Å². The molecule has 1 aliphatic rings. The summed E-state index contributed by atoms with van der Waals surface area (Å²) in [5, 5.41) is 0.192. The molecule has 132 valence electrons. The Hall–Kier alpha value is -0.730. The number of sulfonamides is 1. The van der Waals surface area contributed by atoms with Crippen molar-refractivity contribution in [2.45, 2.75) is 24.2 Å². The molecule has 23 heavy (non-hydrogen) atoms. The van der Waals surface area contributed by atoms with Crippen LogP contribution in [0.5, 0.6) is 5.75 Å². The Morgan fingerprint density at radius 1 is 1.30 bits per heavy atom. The van der Waals surface area contributed by atoms with Gasteiger partial charge in [-0.25, -0.2) is 13.1 Å². The number of hydrogen-bond donors (Lipinski definition) is 2. The minimum absolute atomic E-state index is 0. The van der Waals surface area contributed by atoms with Gasteiger partial charge in [0.1, 0.15) is 10.6 Å². The number of nitrogens with two attached hydrogens (primary N) is 1. The Morgan fingerprint density at radius 2 is 1.96 bits per heavy atom. The number of halogens is 2. The zero-order valence-corrected chi connectivity index (χ0v) is 15.4. The zero-order chi connectivity index (χ0) is 16.2. The predicted octanol–water partition coefficient (Wildman–Crippen LogP) is 2.12. The van der Waals surface area contributed by atoms with Crippen LogP contribution in [0.15, 0.2) is 17.0 Å². The minimum atomic E-state index is -3.68. The van der Waals surface area contributed by atoms with Crippen LogP contribution in [0.2, 0.25) is 5.02 Å². The number of ether oxygens (including phenoxy) is 1. The van der Waals surface area contributed by atoms with Crippen LogP contribution in [-0.4, -0.2) is 46.6 Å². The molecule has 1 aromatic carbocycles. The van der Waals surface area contributed by atoms with E-state index in [1.807, 2.05) is 0 Å². The van der Waals surface area contributed by atoms with Gasteiger partial charge in [-0.05, 0) is 32.0 Å². The molecule has 0 saturated carbocycles. The number of piperidine rings is 1. The predicted molar refractivity (Wildman–Crippen MR) is 95.1 cm³/mol. The van der Waals surface area contributed by atoms with Gasteiger partial charge in [0.15, 0.2) is 0 Å². The SMILES string of the molecule is COc1cc(N)c(Cl)cc1S(=O)(=O)NCCN1CCCCC1.Cl. The van der Waals surface area contributed by atoms with Crippen molar-refractivity contribution in [3.63, 3.8) is 0 Å². The molecule has 1 fully saturated rings. The largest absolute Gasteiger partial charge is 0.495 e. The lowest BCUT2D eigenvalue weighted by molar-refractivity contribution is 0.232. The summed E-state index contributed by atoms with van der Waals surface area (Å²) >= 11 is 5.92. The van der Waals surface area contributed by atoms with Crippen LogP contribution >= 0.6 is 24.0 Å². The van der Waals surface area contributed by atoms with Crippen LogP contribution in [0.4, 0.5) is 5.69 Å². The Kier molecular flexibility index (Phi) is 7.89. The van der Waals surface area contributed by atoms with Crippen molar-refractivity contribution in [3.8, 4) is 5.75 Å². The quantitative estimate of drug-likeness (QED) is 0.734. The van der Waals surface area contributed by atoms with E-state index < -0.39 is 10.0 Å². The molecule has 1 aliphatic heterocycles. The third-order valence-corrected chi connectivity index (χ3v) is 5.55. The summed E-state index contributed by atoms with van der Waals surface area (Å²) in [7, 11) is -2.29. The van der Waals surface area contributed by atoms with E-state index in [1.54, 1.807) is 0 Å². The molecule has 0 aliphatic carbocycles. The van der Waals surface area contributed by atoms with Gasteiger partial charge in [-0.2, -0.15) is 0 Å². The van der Waals surface area contributed by atoms with Gasteiger partial charge in [-0.15, -0.1) is 12.4 Å². The van der Waals surface area contributed by atoms with E-state index in [0.29, 0.717) is 13.1 Å². The third kappa shape index (κ3) is 5.39. The number of nitrogens with zero attached hydrogens (tertiary/aromatic N) is 1. The summed E-state index contributed by atoms with van der Waals surface area (Å²) in [5.74, 6) is 0.187. The molecule has 1 aromatic rings. The Morgan fingerprint density at radius 3 is 2.57 bits per heavy atom. The van der Waals surface area contributed by atoms with Gasteiger partial charge < -0.3 is 15.4 Å². The molecule has 0 aromatic heterocycles. The number of rotatable bonds is 6. The molecule has 0 spiro atoms. The van der Waals surface area contributed by atoms with Crippen LogP contribution in [0.3, 0.4) is 0 Å². The van der Waals surface area contributed by atoms with Crippen LogP contribution in [-0.2, 0) is 10.0 Å². The van der Waals surface area contributed by atoms with Crippen molar-refractivity contribution in [2.24, 2.45) is 0 Å². The van der Waals surface area contributed by atoms with Crippen molar-refractivity contribution in [3.05, 3.63) is 17.2 Å². The highest BCUT2D eigenvalue weighted by Crippen LogP contribution is 2.31. The van der Waals surface area contributed by atoms with Crippen LogP contribution in [0, 0.1) is 0 Å². The number of methoxy groups -OCH3 is 1. The van der Waals surface area contributed by atoms with Crippen LogP contribution in [0.1, 0.15) is 19.3 Å². The van der Waals surface area contributed by atoms with Crippen molar-refractivity contribution in [1.29, 1.82) is 0 Å². The van der Waals surface area contributed by atoms with Gasteiger partial charge in [-0.1, -0.05) is 18.0 Å². The standard InChI is InChI=1S/C14H22ClN3O3S.ClH/c1-21-13-10-12(16)11(15)9-14(13)22(19,20)17-5-8-18-6-3-2-4-7-18;/h9-10,17H,2-8,16H2,1H3;1H. The minimum Gasteiger partial charge on any atom is -0.495 e. The molecule has 0 atom stereocenters. The lowest BCUT2D eigenvalue weighted by atomic mass is 10.1. The van der Waals surface area contributed by atoms with Crippen molar-refractivity contribution >= 4 is 39.7 Å². The number of likely N-dealkylation sites (tertiary alicyclic amines) is 1. The summed E-state index contributed by atoms with van der Waals surface area (Å²) in [6.07, 6.45) is 3.60. The lowest BCUT2D eigenvalue weighted by Gasteiger charge is -2.26. The summed E-state index contributed by atoms with van der Waals surface area (Å²) < 4.78 is 32.5. The normalized spacial score (nSPS) is 15.9. The number of nitrogen functional groups attached to an aromatic ring is 1. The molecule has 0 bridgehead atoms. The topological polar surface area (TPSA) is 84.7 Å². The fraction of sp³-hybridized carbons (Fsp3) is 0.571. The van der Waals surface area contributed by atoms with Crippen molar-refractivity contribution < 1.29 is 13.2 Å². The second-order valence-corrected chi connectivity index (χ2v) is 7.47. The summed E-state index contributed by atoms with van der Waals surface area (Å²) in [4.78, 5) is 2.27. The molecule has 1 saturated heterocycles. The fourth-order valence-corrected chi connectivity index (χ4v) is 3.94. The summed E-state index contributed by atoms with van der Waals surface area (Å²) in [5.41, 5.74) is 5.96. The highest BCUT2D eigenvalue weighted by molar-refractivity contribution is 7.89. The molecule has 2 rings (SSSR count). The van der Waals surface area contributed by atoms with Gasteiger partial charge >= 0.3 is 0 Å². The highest BCUT2D eigenvalue weighted by atomic mass is 35.5. The van der Waals surface area contributed by atoms with Gasteiger partial charge in [0.05, 0.1) is 17.8 Å². The van der Waals surface area contributed by atoms with E-state index in [-0.39, 0.29) is 33.8 Å². The number of hydrogen-bond acceptors (Lipinski definition) is 5. The third-order valence-electron chi connectivity index (χ3n) is 3.74. The fourth-order valence-electron chi connectivity index (χ4n) is 2.52. The molecule has 0 unspecified atom stereocenters. The second-order valence-electron chi connectivity index (χ2n) is 5.32. The monoisotopic (exact) mass is 383 g/mol. The van der Waals surface area contributed by atoms with E-state index in [1.165, 1.54) is 38.5 Å². The smallest absolute Gasteiger partial charge is 0.244 e. The number of anilines is 1. The molecule has 3 N–H and O–H groups in total. The first-order chi connectivity index (χ1) is 10.4. The summed E-state index contributed by atoms with van der Waals surface area (Å²) in [6, 6.07) is 2.74. The highest BCUT2D eigenvalue weighted by Gasteiger charge is 2.21. The lowest BCUT2D eigenvalue weighted by Crippen LogP contribution is -2.37. The molecule has 0 radical (unpaired) electrons. The average molecular weight is 384 g/mol. The first-order valence-corrected chi connectivity index (χ1v) is 9.15. The molecular formula is C14H23Cl2N3O3S. The molecular weight excluding hydrogens is 361 g/mol. The second kappa shape index (κ2) is 8.94. The van der Waals surface area contributed by atoms with Gasteiger partial charge in [0, 0.05) is 19.2 Å². The van der Waals surface area contributed by atoms with Crippen molar-refractivity contribution in [2.75, 3.05) is 39.0 Å². The number of benzene rings is 1. The average Bonchev–Trinajstić information content (AvgIpc) is 2.50. The summed E-state index contributed by atoms with van der Waals surface area (Å²) in [6.45, 7) is 3.11. The molecule has 6 nitrogen and oxygen atoms in total. The van der Waals surface area contributed by atoms with E-state index in [0.717, 1.165) is 13.1 Å². The maximum absolute atomic E-state index is 12.4. The maximum Gasteiger partial charge on any atom is 0.244 e. The van der Waals surface area contributed by atoms with E-state index in [2.05, 4.69) is 9.62 Å². The van der Waals surface area contributed by atoms with E-state index in [9.17, 15) is 8.42 Å². The van der Waals surface area contributed by atoms with E-state index >= 15 is 0 Å². The van der Waals surface area contributed by atoms with Gasteiger partial charge in [-0.3, -0.25) is 0 Å². The molecule has 9 heteroatoms. The van der Waals surface area contributed by atoms with Gasteiger partial charge in [0.25, 0.3) is 0 Å². The van der Waals surface area contributed by atoms with E-state index in [4.69, 9.17) is 22.1 Å². The molecule has 0 amide bonds. The van der Waals surface area contributed by atoms with Crippen LogP contribution in [0.25, 0.3) is 0 Å². The first kappa shape index (κ1) is 20.3. The maximum atomic E-state index is 12.4. The molecule has 1 heterocycles. The first-order valence-electron chi connectivity index (χ1n) is 7.29. The Labute approximate surface area is 148 Å². The number of nitrogens with one attached hydrogen (secondary N) is 1. The van der Waals surface area contributed by atoms with Crippen molar-refractivity contribution in [1.82, 2.24) is 9.62 Å². The Bertz CT molecular complexity index is 620. The van der Waals surface area contributed by atoms with Crippen LogP contribution < -0.4 is 15.2 Å². The zero-order valence-electron chi connectivity index (χ0n) is 13.0.